The summed E-state index contributed by atoms with van der Waals surface area (Å²) in [7, 11) is 0. The number of hydrogen-bond donors (Lipinski definition) is 0. The average molecular weight is 260 g/mol. The van der Waals surface area contributed by atoms with Gasteiger partial charge in [0, 0.05) is 0 Å². The Morgan fingerprint density at radius 2 is 2.00 bits per heavy atom. The van der Waals surface area contributed by atoms with E-state index in [-0.39, 0.29) is 12.2 Å². The molecule has 0 bridgehead atoms. The normalized spacial score (nSPS) is 11.3. The number of alkyl halides is 3. The number of carbonyl (C=O) groups excluding carboxylic acids is 1. The zero-order valence-electron chi connectivity index (χ0n) is 10.1. The molecule has 0 N–H and O–H groups in total. The standard InChI is InChI=1S/C13H15F3O2/c1-2-3-4-8-18-12(17)10-6-5-7-11(9-10)13(14,15)16/h5-7,9H,2-4,8H2,1H3. The molecule has 0 aromatic heterocycles. The van der Waals surface area contributed by atoms with Gasteiger partial charge >= 0.3 is 12.1 Å². The van der Waals surface area contributed by atoms with Crippen LogP contribution in [0, 0.1) is 0 Å². The summed E-state index contributed by atoms with van der Waals surface area (Å²) in [6, 6.07) is 4.25. The molecule has 2 nitrogen and oxygen atoms in total. The van der Waals surface area contributed by atoms with Gasteiger partial charge < -0.3 is 4.74 Å². The summed E-state index contributed by atoms with van der Waals surface area (Å²) in [6.45, 7) is 2.25. The van der Waals surface area contributed by atoms with Crippen LogP contribution in [0.4, 0.5) is 13.2 Å². The van der Waals surface area contributed by atoms with Gasteiger partial charge in [0.2, 0.25) is 0 Å². The van der Waals surface area contributed by atoms with Crippen molar-refractivity contribution < 1.29 is 22.7 Å². The summed E-state index contributed by atoms with van der Waals surface area (Å²) >= 11 is 0. The molecule has 0 heterocycles. The fourth-order valence-electron chi connectivity index (χ4n) is 1.42. The van der Waals surface area contributed by atoms with Gasteiger partial charge in [-0.25, -0.2) is 4.79 Å². The van der Waals surface area contributed by atoms with E-state index < -0.39 is 17.7 Å². The first-order valence-electron chi connectivity index (χ1n) is 5.79. The maximum atomic E-state index is 12.4. The Bertz CT molecular complexity index is 399. The number of carbonyl (C=O) groups is 1. The summed E-state index contributed by atoms with van der Waals surface area (Å²) in [4.78, 5) is 11.5. The number of halogens is 3. The molecule has 0 amide bonds. The maximum absolute atomic E-state index is 12.4. The van der Waals surface area contributed by atoms with E-state index in [9.17, 15) is 18.0 Å². The van der Waals surface area contributed by atoms with Crippen molar-refractivity contribution in [3.8, 4) is 0 Å². The molecular weight excluding hydrogens is 245 g/mol. The topological polar surface area (TPSA) is 26.3 Å². The van der Waals surface area contributed by atoms with Crippen LogP contribution < -0.4 is 0 Å². The van der Waals surface area contributed by atoms with Crippen LogP contribution in [-0.2, 0) is 10.9 Å². The smallest absolute Gasteiger partial charge is 0.416 e. The molecule has 0 radical (unpaired) electrons. The molecule has 5 heteroatoms. The minimum Gasteiger partial charge on any atom is -0.462 e. The van der Waals surface area contributed by atoms with Crippen LogP contribution in [0.15, 0.2) is 24.3 Å². The third-order valence-corrected chi connectivity index (χ3v) is 2.41. The van der Waals surface area contributed by atoms with Gasteiger partial charge in [-0.1, -0.05) is 25.8 Å². The summed E-state index contributed by atoms with van der Waals surface area (Å²) in [5.74, 6) is -0.711. The van der Waals surface area contributed by atoms with Gasteiger partial charge in [-0.15, -0.1) is 0 Å². The van der Waals surface area contributed by atoms with Crippen LogP contribution in [-0.4, -0.2) is 12.6 Å². The summed E-state index contributed by atoms with van der Waals surface area (Å²) < 4.78 is 42.2. The van der Waals surface area contributed by atoms with Crippen LogP contribution >= 0.6 is 0 Å². The predicted molar refractivity (Wildman–Crippen MR) is 61.3 cm³/mol. The van der Waals surface area contributed by atoms with Gasteiger partial charge in [0.1, 0.15) is 0 Å². The van der Waals surface area contributed by atoms with E-state index in [1.165, 1.54) is 12.1 Å². The van der Waals surface area contributed by atoms with Gasteiger partial charge in [0.15, 0.2) is 0 Å². The zero-order valence-corrected chi connectivity index (χ0v) is 10.1. The van der Waals surface area contributed by atoms with E-state index in [0.29, 0.717) is 0 Å². The van der Waals surface area contributed by atoms with E-state index in [4.69, 9.17) is 4.74 Å². The molecule has 0 aliphatic carbocycles. The molecule has 0 saturated heterocycles. The van der Waals surface area contributed by atoms with Crippen molar-refractivity contribution in [2.45, 2.75) is 32.4 Å². The lowest BCUT2D eigenvalue weighted by Crippen LogP contribution is -2.10. The second-order valence-electron chi connectivity index (χ2n) is 3.92. The lowest BCUT2D eigenvalue weighted by Gasteiger charge is -2.08. The largest absolute Gasteiger partial charge is 0.462 e. The number of benzene rings is 1. The SMILES string of the molecule is CCCCCOC(=O)c1cccc(C(F)(F)F)c1. The van der Waals surface area contributed by atoms with Crippen molar-refractivity contribution in [1.29, 1.82) is 0 Å². The third-order valence-electron chi connectivity index (χ3n) is 2.41. The van der Waals surface area contributed by atoms with Gasteiger partial charge in [-0.05, 0) is 24.6 Å². The van der Waals surface area contributed by atoms with Crippen molar-refractivity contribution in [1.82, 2.24) is 0 Å². The van der Waals surface area contributed by atoms with Crippen LogP contribution in [0.2, 0.25) is 0 Å². The van der Waals surface area contributed by atoms with Crippen molar-refractivity contribution in [2.24, 2.45) is 0 Å². The summed E-state index contributed by atoms with van der Waals surface area (Å²) in [5, 5.41) is 0. The van der Waals surface area contributed by atoms with Crippen molar-refractivity contribution in [3.05, 3.63) is 35.4 Å². The van der Waals surface area contributed by atoms with Crippen LogP contribution in [0.1, 0.15) is 42.1 Å². The fourth-order valence-corrected chi connectivity index (χ4v) is 1.42. The second-order valence-corrected chi connectivity index (χ2v) is 3.92. The highest BCUT2D eigenvalue weighted by molar-refractivity contribution is 5.89. The highest BCUT2D eigenvalue weighted by Crippen LogP contribution is 2.29. The van der Waals surface area contributed by atoms with E-state index in [2.05, 4.69) is 0 Å². The molecule has 18 heavy (non-hydrogen) atoms. The van der Waals surface area contributed by atoms with E-state index in [1.807, 2.05) is 6.92 Å². The molecule has 0 atom stereocenters. The number of esters is 1. The third kappa shape index (κ3) is 4.39. The Morgan fingerprint density at radius 1 is 1.28 bits per heavy atom. The Morgan fingerprint density at radius 3 is 2.61 bits per heavy atom. The molecule has 0 fully saturated rings. The lowest BCUT2D eigenvalue weighted by molar-refractivity contribution is -0.137. The predicted octanol–water partition coefficient (Wildman–Crippen LogP) is 4.05. The average Bonchev–Trinajstić information content (AvgIpc) is 2.33. The zero-order chi connectivity index (χ0) is 13.6. The Hall–Kier alpha value is -1.52. The van der Waals surface area contributed by atoms with Crippen molar-refractivity contribution in [2.75, 3.05) is 6.61 Å². The van der Waals surface area contributed by atoms with Crippen molar-refractivity contribution >= 4 is 5.97 Å². The molecule has 0 spiro atoms. The van der Waals surface area contributed by atoms with Crippen LogP contribution in [0.25, 0.3) is 0 Å². The van der Waals surface area contributed by atoms with Gasteiger partial charge in [-0.3, -0.25) is 0 Å². The Kier molecular flexibility index (Phi) is 5.19. The molecule has 0 aliphatic heterocycles. The van der Waals surface area contributed by atoms with Crippen LogP contribution in [0.3, 0.4) is 0 Å². The fraction of sp³-hybridized carbons (Fsp3) is 0.462. The molecule has 0 unspecified atom stereocenters. The van der Waals surface area contributed by atoms with Gasteiger partial charge in [-0.2, -0.15) is 13.2 Å². The number of rotatable bonds is 5. The molecule has 0 saturated carbocycles. The first kappa shape index (κ1) is 14.5. The van der Waals surface area contributed by atoms with E-state index >= 15 is 0 Å². The van der Waals surface area contributed by atoms with Gasteiger partial charge in [0.25, 0.3) is 0 Å². The molecule has 100 valence electrons. The Labute approximate surface area is 104 Å². The Balaban J connectivity index is 2.63. The highest BCUT2D eigenvalue weighted by Gasteiger charge is 2.30. The van der Waals surface area contributed by atoms with E-state index in [0.717, 1.165) is 31.4 Å². The van der Waals surface area contributed by atoms with Crippen LogP contribution in [0.5, 0.6) is 0 Å². The minimum atomic E-state index is -4.45. The summed E-state index contributed by atoms with van der Waals surface area (Å²) in [6.07, 6.45) is -1.81. The maximum Gasteiger partial charge on any atom is 0.416 e. The number of ether oxygens (including phenoxy) is 1. The molecule has 0 aliphatic rings. The monoisotopic (exact) mass is 260 g/mol. The first-order chi connectivity index (χ1) is 8.45. The van der Waals surface area contributed by atoms with E-state index in [1.54, 1.807) is 0 Å². The molecule has 1 aromatic carbocycles. The minimum absolute atomic E-state index is 0.0682. The van der Waals surface area contributed by atoms with Crippen molar-refractivity contribution in [3.63, 3.8) is 0 Å². The molecular formula is C13H15F3O2. The molecule has 1 rings (SSSR count). The lowest BCUT2D eigenvalue weighted by atomic mass is 10.1. The second kappa shape index (κ2) is 6.42. The molecule has 1 aromatic rings. The number of unbranched alkanes of at least 4 members (excludes halogenated alkanes) is 2. The number of hydrogen-bond acceptors (Lipinski definition) is 2. The van der Waals surface area contributed by atoms with Gasteiger partial charge in [0.05, 0.1) is 17.7 Å². The summed E-state index contributed by atoms with van der Waals surface area (Å²) in [5.41, 5.74) is -0.910. The first-order valence-corrected chi connectivity index (χ1v) is 5.79. The highest BCUT2D eigenvalue weighted by atomic mass is 19.4. The quantitative estimate of drug-likeness (QED) is 0.589.